The van der Waals surface area contributed by atoms with E-state index in [1.165, 1.54) is 0 Å². The molecule has 0 unspecified atom stereocenters. The van der Waals surface area contributed by atoms with Crippen molar-refractivity contribution in [1.82, 2.24) is 5.32 Å². The van der Waals surface area contributed by atoms with Crippen LogP contribution in [0.4, 0.5) is 5.69 Å². The molecule has 0 atom stereocenters. The van der Waals surface area contributed by atoms with E-state index in [0.29, 0.717) is 37.6 Å². The second-order valence-electron chi connectivity index (χ2n) is 5.93. The molecule has 0 saturated carbocycles. The number of thiocarbonyl (C=S) groups is 1. The summed E-state index contributed by atoms with van der Waals surface area (Å²) in [7, 11) is 0. The number of amides is 1. The minimum Gasteiger partial charge on any atom is -0.489 e. The van der Waals surface area contributed by atoms with Crippen molar-refractivity contribution in [3.05, 3.63) is 92.9 Å². The lowest BCUT2D eigenvalue weighted by atomic mass is 10.1. The summed E-state index contributed by atoms with van der Waals surface area (Å²) in [4.78, 5) is 12.7. The third-order valence-corrected chi connectivity index (χ3v) is 4.88. The molecule has 148 valence electrons. The highest BCUT2D eigenvalue weighted by molar-refractivity contribution is 7.80. The minimum atomic E-state index is -0.358. The first kappa shape index (κ1) is 21.4. The summed E-state index contributed by atoms with van der Waals surface area (Å²) < 4.78 is 5.75. The Morgan fingerprint density at radius 1 is 0.931 bits per heavy atom. The number of anilines is 1. The normalized spacial score (nSPS) is 10.3. The van der Waals surface area contributed by atoms with Gasteiger partial charge in [0.1, 0.15) is 12.4 Å². The predicted molar refractivity (Wildman–Crippen MR) is 122 cm³/mol. The van der Waals surface area contributed by atoms with E-state index in [9.17, 15) is 4.79 Å². The lowest BCUT2D eigenvalue weighted by molar-refractivity contribution is 0.0975. The van der Waals surface area contributed by atoms with Gasteiger partial charge in [-0.3, -0.25) is 10.1 Å². The van der Waals surface area contributed by atoms with Gasteiger partial charge < -0.3 is 10.1 Å². The zero-order valence-corrected chi connectivity index (χ0v) is 18.0. The largest absolute Gasteiger partial charge is 0.489 e. The summed E-state index contributed by atoms with van der Waals surface area (Å²) in [6, 6.07) is 19.1. The summed E-state index contributed by atoms with van der Waals surface area (Å²) in [5, 5.41) is 7.18. The van der Waals surface area contributed by atoms with Gasteiger partial charge in [0.25, 0.3) is 5.91 Å². The van der Waals surface area contributed by atoms with E-state index in [2.05, 4.69) is 10.6 Å². The van der Waals surface area contributed by atoms with Crippen molar-refractivity contribution < 1.29 is 9.53 Å². The second kappa shape index (κ2) is 9.94. The Bertz CT molecular complexity index is 1040. The Hall–Kier alpha value is -2.31. The van der Waals surface area contributed by atoms with Gasteiger partial charge >= 0.3 is 0 Å². The lowest BCUT2D eigenvalue weighted by Crippen LogP contribution is -2.34. The predicted octanol–water partition coefficient (Wildman–Crippen LogP) is 6.35. The van der Waals surface area contributed by atoms with Gasteiger partial charge in [-0.2, -0.15) is 0 Å². The molecule has 3 rings (SSSR count). The third-order valence-electron chi connectivity index (χ3n) is 3.88. The molecule has 3 aromatic carbocycles. The summed E-state index contributed by atoms with van der Waals surface area (Å²) in [5.74, 6) is 0.294. The molecule has 2 N–H and O–H groups in total. The van der Waals surface area contributed by atoms with Crippen molar-refractivity contribution in [2.45, 2.75) is 6.61 Å². The first-order valence-electron chi connectivity index (χ1n) is 8.46. The van der Waals surface area contributed by atoms with Gasteiger partial charge in [-0.1, -0.05) is 53.0 Å². The van der Waals surface area contributed by atoms with Gasteiger partial charge in [0.05, 0.1) is 10.7 Å². The topological polar surface area (TPSA) is 50.4 Å². The number of carbonyl (C=O) groups is 1. The van der Waals surface area contributed by atoms with Crippen LogP contribution >= 0.6 is 47.0 Å². The van der Waals surface area contributed by atoms with Crippen LogP contribution in [0.1, 0.15) is 15.9 Å². The number of rotatable bonds is 5. The molecule has 3 aromatic rings. The van der Waals surface area contributed by atoms with E-state index < -0.39 is 0 Å². The highest BCUT2D eigenvalue weighted by atomic mass is 35.5. The molecule has 29 heavy (non-hydrogen) atoms. The molecule has 0 spiro atoms. The molecule has 0 aliphatic heterocycles. The van der Waals surface area contributed by atoms with Crippen LogP contribution in [-0.2, 0) is 6.61 Å². The van der Waals surface area contributed by atoms with Crippen LogP contribution in [0.2, 0.25) is 15.1 Å². The van der Waals surface area contributed by atoms with Crippen LogP contribution in [0.3, 0.4) is 0 Å². The summed E-state index contributed by atoms with van der Waals surface area (Å²) in [6.07, 6.45) is 0. The fourth-order valence-corrected chi connectivity index (χ4v) is 3.26. The maximum absolute atomic E-state index is 12.7. The van der Waals surface area contributed by atoms with Crippen LogP contribution in [0, 0.1) is 0 Å². The average Bonchev–Trinajstić information content (AvgIpc) is 2.70. The molecule has 0 aromatic heterocycles. The zero-order chi connectivity index (χ0) is 20.8. The van der Waals surface area contributed by atoms with Gasteiger partial charge in [0.15, 0.2) is 5.11 Å². The van der Waals surface area contributed by atoms with Crippen LogP contribution in [0.25, 0.3) is 0 Å². The molecule has 1 amide bonds. The van der Waals surface area contributed by atoms with E-state index in [4.69, 9.17) is 51.8 Å². The van der Waals surface area contributed by atoms with Gasteiger partial charge in [0.2, 0.25) is 0 Å². The Morgan fingerprint density at radius 2 is 1.62 bits per heavy atom. The highest BCUT2D eigenvalue weighted by Gasteiger charge is 2.14. The average molecular weight is 466 g/mol. The lowest BCUT2D eigenvalue weighted by Gasteiger charge is -2.13. The van der Waals surface area contributed by atoms with E-state index in [1.807, 2.05) is 12.1 Å². The van der Waals surface area contributed by atoms with Crippen molar-refractivity contribution in [1.29, 1.82) is 0 Å². The molecule has 4 nitrogen and oxygen atoms in total. The van der Waals surface area contributed by atoms with Crippen molar-refractivity contribution in [3.8, 4) is 5.75 Å². The molecule has 0 aliphatic rings. The monoisotopic (exact) mass is 464 g/mol. The quantitative estimate of drug-likeness (QED) is 0.431. The summed E-state index contributed by atoms with van der Waals surface area (Å²) in [6.45, 7) is 0.217. The minimum absolute atomic E-state index is 0.118. The molecule has 0 fully saturated rings. The molecular weight excluding hydrogens is 451 g/mol. The first-order chi connectivity index (χ1) is 13.9. The fraction of sp³-hybridized carbons (Fsp3) is 0.0476. The van der Waals surface area contributed by atoms with E-state index >= 15 is 0 Å². The summed E-state index contributed by atoms with van der Waals surface area (Å²) >= 11 is 23.1. The Kier molecular flexibility index (Phi) is 7.34. The molecule has 0 aliphatic carbocycles. The van der Waals surface area contributed by atoms with Crippen LogP contribution in [0.5, 0.6) is 5.75 Å². The standard InChI is InChI=1S/C21H15Cl3N2O2S/c22-14-5-8-16(9-6-14)28-12-13-3-1-2-4-17(13)20(27)26-21(29)25-19-10-7-15(23)11-18(19)24/h1-11H,12H2,(H2,25,26,27,29). The zero-order valence-electron chi connectivity index (χ0n) is 14.9. The first-order valence-corrected chi connectivity index (χ1v) is 10.0. The molecule has 0 heterocycles. The smallest absolute Gasteiger partial charge is 0.257 e. The van der Waals surface area contributed by atoms with E-state index in [1.54, 1.807) is 54.6 Å². The van der Waals surface area contributed by atoms with Crippen molar-refractivity contribution >= 4 is 63.7 Å². The SMILES string of the molecule is O=C(NC(=S)Nc1ccc(Cl)cc1Cl)c1ccccc1COc1ccc(Cl)cc1. The number of halogens is 3. The van der Waals surface area contributed by atoms with Gasteiger partial charge in [-0.15, -0.1) is 0 Å². The van der Waals surface area contributed by atoms with E-state index in [0.717, 1.165) is 0 Å². The molecule has 0 bridgehead atoms. The third kappa shape index (κ3) is 6.08. The number of ether oxygens (including phenoxy) is 1. The maximum atomic E-state index is 12.7. The van der Waals surface area contributed by atoms with Gasteiger partial charge in [-0.25, -0.2) is 0 Å². The maximum Gasteiger partial charge on any atom is 0.257 e. The summed E-state index contributed by atoms with van der Waals surface area (Å²) in [5.41, 5.74) is 1.71. The van der Waals surface area contributed by atoms with Crippen LogP contribution < -0.4 is 15.4 Å². The molecule has 0 radical (unpaired) electrons. The molecule has 8 heteroatoms. The Labute approximate surface area is 188 Å². The number of hydrogen-bond acceptors (Lipinski definition) is 3. The van der Waals surface area contributed by atoms with Gasteiger partial charge in [-0.05, 0) is 60.7 Å². The second-order valence-corrected chi connectivity index (χ2v) is 7.62. The van der Waals surface area contributed by atoms with Crippen LogP contribution in [0.15, 0.2) is 66.7 Å². The number of benzene rings is 3. The Morgan fingerprint density at radius 3 is 2.34 bits per heavy atom. The number of hydrogen-bond donors (Lipinski definition) is 2. The molecular formula is C21H15Cl3N2O2S. The number of carbonyl (C=O) groups excluding carboxylic acids is 1. The van der Waals surface area contributed by atoms with Crippen molar-refractivity contribution in [2.75, 3.05) is 5.32 Å². The highest BCUT2D eigenvalue weighted by Crippen LogP contribution is 2.25. The van der Waals surface area contributed by atoms with Crippen molar-refractivity contribution in [2.24, 2.45) is 0 Å². The molecule has 0 saturated heterocycles. The number of nitrogens with one attached hydrogen (secondary N) is 2. The fourth-order valence-electron chi connectivity index (χ4n) is 2.47. The van der Waals surface area contributed by atoms with E-state index in [-0.39, 0.29) is 17.6 Å². The van der Waals surface area contributed by atoms with Crippen LogP contribution in [-0.4, -0.2) is 11.0 Å². The Balaban J connectivity index is 1.65. The van der Waals surface area contributed by atoms with Crippen molar-refractivity contribution in [3.63, 3.8) is 0 Å². The van der Waals surface area contributed by atoms with Gasteiger partial charge in [0, 0.05) is 21.2 Å².